The average molecular weight is 400 g/mol. The van der Waals surface area contributed by atoms with Crippen LogP contribution in [0.5, 0.6) is 0 Å². The molecular weight excluding hydrogens is 376 g/mol. The van der Waals surface area contributed by atoms with Crippen molar-refractivity contribution in [3.05, 3.63) is 90.1 Å². The van der Waals surface area contributed by atoms with Crippen molar-refractivity contribution in [3.63, 3.8) is 0 Å². The molecule has 0 spiro atoms. The summed E-state index contributed by atoms with van der Waals surface area (Å²) in [7, 11) is 1.74. The quantitative estimate of drug-likeness (QED) is 0.381. The van der Waals surface area contributed by atoms with Crippen LogP contribution in [-0.4, -0.2) is 27.8 Å². The molecule has 7 nitrogen and oxygen atoms in total. The van der Waals surface area contributed by atoms with Crippen molar-refractivity contribution in [3.8, 4) is 17.1 Å². The molecule has 0 aliphatic heterocycles. The molecule has 2 N–H and O–H groups in total. The molecule has 0 saturated carbocycles. The Morgan fingerprint density at radius 2 is 1.80 bits per heavy atom. The molecule has 0 aliphatic carbocycles. The third-order valence-corrected chi connectivity index (χ3v) is 4.63. The third-order valence-electron chi connectivity index (χ3n) is 4.63. The number of aryl methyl sites for hydroxylation is 1. The highest BCUT2D eigenvalue weighted by Crippen LogP contribution is 2.19. The minimum atomic E-state index is 0.512. The molecular formula is C23H24N6O. The van der Waals surface area contributed by atoms with Crippen molar-refractivity contribution in [1.29, 1.82) is 0 Å². The van der Waals surface area contributed by atoms with Crippen LogP contribution in [0.4, 0.5) is 0 Å². The van der Waals surface area contributed by atoms with E-state index in [0.717, 1.165) is 22.5 Å². The molecule has 2 aromatic carbocycles. The summed E-state index contributed by atoms with van der Waals surface area (Å²) in [6.07, 6.45) is 5.51. The van der Waals surface area contributed by atoms with Gasteiger partial charge in [-0.05, 0) is 31.2 Å². The van der Waals surface area contributed by atoms with Gasteiger partial charge in [0.05, 0.1) is 24.1 Å². The first-order valence-corrected chi connectivity index (χ1v) is 9.76. The first-order valence-electron chi connectivity index (χ1n) is 9.76. The number of para-hydroxylation sites is 1. The van der Waals surface area contributed by atoms with Gasteiger partial charge >= 0.3 is 0 Å². The summed E-state index contributed by atoms with van der Waals surface area (Å²) in [5.41, 5.74) is 5.07. The molecule has 2 heterocycles. The smallest absolute Gasteiger partial charge is 0.226 e. The molecule has 0 bridgehead atoms. The molecule has 0 amide bonds. The Bertz CT molecular complexity index is 1110. The van der Waals surface area contributed by atoms with Crippen LogP contribution in [0, 0.1) is 6.92 Å². The molecule has 0 saturated heterocycles. The Hall–Kier alpha value is -3.87. The lowest BCUT2D eigenvalue weighted by atomic mass is 10.1. The van der Waals surface area contributed by atoms with Gasteiger partial charge in [0, 0.05) is 30.9 Å². The van der Waals surface area contributed by atoms with Gasteiger partial charge in [0.2, 0.25) is 5.89 Å². The Kier molecular flexibility index (Phi) is 5.89. The topological polar surface area (TPSA) is 80.3 Å². The monoisotopic (exact) mass is 400 g/mol. The van der Waals surface area contributed by atoms with Gasteiger partial charge < -0.3 is 15.1 Å². The minimum absolute atomic E-state index is 0.512. The van der Waals surface area contributed by atoms with Gasteiger partial charge in [0.1, 0.15) is 6.26 Å². The summed E-state index contributed by atoms with van der Waals surface area (Å²) < 4.78 is 7.46. The number of aliphatic imine (C=N–C) groups is 1. The fraction of sp³-hybridized carbons (Fsp3) is 0.174. The lowest BCUT2D eigenvalue weighted by Crippen LogP contribution is -2.36. The normalized spacial score (nSPS) is 11.5. The lowest BCUT2D eigenvalue weighted by Gasteiger charge is -2.09. The highest BCUT2D eigenvalue weighted by molar-refractivity contribution is 5.79. The highest BCUT2D eigenvalue weighted by atomic mass is 16.3. The third kappa shape index (κ3) is 4.75. The average Bonchev–Trinajstić information content (AvgIpc) is 3.45. The second kappa shape index (κ2) is 9.09. The van der Waals surface area contributed by atoms with Gasteiger partial charge in [-0.1, -0.05) is 35.9 Å². The molecule has 0 atom stereocenters. The van der Waals surface area contributed by atoms with E-state index in [2.05, 4.69) is 32.6 Å². The van der Waals surface area contributed by atoms with E-state index in [9.17, 15) is 0 Å². The largest absolute Gasteiger partial charge is 0.444 e. The summed E-state index contributed by atoms with van der Waals surface area (Å²) in [6.45, 7) is 3.18. The van der Waals surface area contributed by atoms with E-state index < -0.39 is 0 Å². The maximum Gasteiger partial charge on any atom is 0.226 e. The molecule has 0 radical (unpaired) electrons. The van der Waals surface area contributed by atoms with E-state index in [1.807, 2.05) is 71.7 Å². The standard InChI is InChI=1S/C23H24N6O/c1-17-8-10-19(11-9-17)22-28-20(16-30-22)14-26-23(24-2)25-12-18-13-27-29(15-18)21-6-4-3-5-7-21/h3-11,13,15-16H,12,14H2,1-2H3,(H2,24,25,26). The predicted molar refractivity (Wildman–Crippen MR) is 117 cm³/mol. The summed E-state index contributed by atoms with van der Waals surface area (Å²) in [4.78, 5) is 8.81. The van der Waals surface area contributed by atoms with E-state index in [1.54, 1.807) is 13.3 Å². The molecule has 4 rings (SSSR count). The van der Waals surface area contributed by atoms with Crippen LogP contribution in [0.3, 0.4) is 0 Å². The Balaban J connectivity index is 1.31. The van der Waals surface area contributed by atoms with Crippen LogP contribution in [0.1, 0.15) is 16.8 Å². The number of oxazole rings is 1. The minimum Gasteiger partial charge on any atom is -0.444 e. The molecule has 30 heavy (non-hydrogen) atoms. The zero-order valence-corrected chi connectivity index (χ0v) is 17.0. The zero-order valence-electron chi connectivity index (χ0n) is 17.0. The van der Waals surface area contributed by atoms with Crippen LogP contribution < -0.4 is 10.6 Å². The van der Waals surface area contributed by atoms with Crippen molar-refractivity contribution < 1.29 is 4.42 Å². The van der Waals surface area contributed by atoms with Gasteiger partial charge in [-0.25, -0.2) is 9.67 Å². The van der Waals surface area contributed by atoms with Gasteiger partial charge in [0.25, 0.3) is 0 Å². The number of aromatic nitrogens is 3. The van der Waals surface area contributed by atoms with Gasteiger partial charge in [-0.3, -0.25) is 4.99 Å². The maximum absolute atomic E-state index is 5.61. The van der Waals surface area contributed by atoms with Crippen molar-refractivity contribution >= 4 is 5.96 Å². The second-order valence-corrected chi connectivity index (χ2v) is 6.92. The van der Waals surface area contributed by atoms with Crippen molar-refractivity contribution in [2.75, 3.05) is 7.05 Å². The van der Waals surface area contributed by atoms with Gasteiger partial charge in [-0.2, -0.15) is 5.10 Å². The SMILES string of the molecule is CN=C(NCc1cnn(-c2ccccc2)c1)NCc1coc(-c2ccc(C)cc2)n1. The van der Waals surface area contributed by atoms with E-state index in [4.69, 9.17) is 4.42 Å². The number of nitrogens with zero attached hydrogens (tertiary/aromatic N) is 4. The number of hydrogen-bond donors (Lipinski definition) is 2. The van der Waals surface area contributed by atoms with Gasteiger partial charge in [-0.15, -0.1) is 0 Å². The molecule has 0 unspecified atom stereocenters. The number of hydrogen-bond acceptors (Lipinski definition) is 4. The summed E-state index contributed by atoms with van der Waals surface area (Å²) in [5.74, 6) is 1.30. The molecule has 2 aromatic heterocycles. The summed E-state index contributed by atoms with van der Waals surface area (Å²) in [5, 5.41) is 11.0. The Morgan fingerprint density at radius 3 is 2.57 bits per heavy atom. The van der Waals surface area contributed by atoms with Crippen molar-refractivity contribution in [2.24, 2.45) is 4.99 Å². The molecule has 7 heteroatoms. The van der Waals surface area contributed by atoms with Crippen LogP contribution in [0.15, 0.2) is 82.7 Å². The zero-order chi connectivity index (χ0) is 20.8. The number of nitrogens with one attached hydrogen (secondary N) is 2. The van der Waals surface area contributed by atoms with Crippen molar-refractivity contribution in [2.45, 2.75) is 20.0 Å². The highest BCUT2D eigenvalue weighted by Gasteiger charge is 2.08. The first-order chi connectivity index (χ1) is 14.7. The van der Waals surface area contributed by atoms with E-state index in [0.29, 0.717) is 24.9 Å². The summed E-state index contributed by atoms with van der Waals surface area (Å²) >= 11 is 0. The number of rotatable bonds is 6. The number of benzene rings is 2. The number of guanidine groups is 1. The van der Waals surface area contributed by atoms with Crippen LogP contribution in [-0.2, 0) is 13.1 Å². The molecule has 0 aliphatic rings. The fourth-order valence-corrected chi connectivity index (χ4v) is 2.97. The summed E-state index contributed by atoms with van der Waals surface area (Å²) in [6, 6.07) is 18.1. The van der Waals surface area contributed by atoms with Crippen molar-refractivity contribution in [1.82, 2.24) is 25.4 Å². The Labute approximate surface area is 175 Å². The predicted octanol–water partition coefficient (Wildman–Crippen LogP) is 3.70. The maximum atomic E-state index is 5.61. The van der Waals surface area contributed by atoms with E-state index in [1.165, 1.54) is 5.56 Å². The van der Waals surface area contributed by atoms with E-state index in [-0.39, 0.29) is 0 Å². The van der Waals surface area contributed by atoms with Gasteiger partial charge in [0.15, 0.2) is 5.96 Å². The molecule has 152 valence electrons. The molecule has 4 aromatic rings. The molecule has 0 fully saturated rings. The lowest BCUT2D eigenvalue weighted by molar-refractivity contribution is 0.572. The van der Waals surface area contributed by atoms with Crippen LogP contribution >= 0.6 is 0 Å². The second-order valence-electron chi connectivity index (χ2n) is 6.92. The van der Waals surface area contributed by atoms with E-state index >= 15 is 0 Å². The first kappa shape index (κ1) is 19.4. The Morgan fingerprint density at radius 1 is 1.03 bits per heavy atom. The van der Waals surface area contributed by atoms with Crippen LogP contribution in [0.25, 0.3) is 17.1 Å². The fourth-order valence-electron chi connectivity index (χ4n) is 2.97. The van der Waals surface area contributed by atoms with Crippen LogP contribution in [0.2, 0.25) is 0 Å².